The summed E-state index contributed by atoms with van der Waals surface area (Å²) in [6.07, 6.45) is 9.60. The molecule has 0 unspecified atom stereocenters. The van der Waals surface area contributed by atoms with Crippen LogP contribution in [0.4, 0.5) is 14.9 Å². The number of rotatable bonds is 8. The fraction of sp³-hybridized carbons (Fsp3) is 0.138. The molecule has 0 spiro atoms. The summed E-state index contributed by atoms with van der Waals surface area (Å²) in [5, 5.41) is 36.1. The Balaban J connectivity index is 1.37. The summed E-state index contributed by atoms with van der Waals surface area (Å²) in [5.74, 6) is -0.705. The van der Waals surface area contributed by atoms with Gasteiger partial charge in [0.1, 0.15) is 12.4 Å². The molecule has 0 saturated carbocycles. The van der Waals surface area contributed by atoms with E-state index in [0.717, 1.165) is 16.7 Å². The zero-order valence-corrected chi connectivity index (χ0v) is 24.1. The van der Waals surface area contributed by atoms with Gasteiger partial charge >= 0.3 is 6.09 Å². The van der Waals surface area contributed by atoms with Crippen LogP contribution in [0, 0.1) is 11.0 Å². The molecule has 0 fully saturated rings. The van der Waals surface area contributed by atoms with Gasteiger partial charge in [0.25, 0.3) is 0 Å². The molecule has 13 nitrogen and oxygen atoms in total. The van der Waals surface area contributed by atoms with Crippen molar-refractivity contribution in [1.29, 1.82) is 0 Å². The Labute approximate surface area is 254 Å². The zero-order valence-electron chi connectivity index (χ0n) is 23.4. The predicted octanol–water partition coefficient (Wildman–Crippen LogP) is 4.36. The van der Waals surface area contributed by atoms with Gasteiger partial charge in [-0.3, -0.25) is 14.7 Å². The van der Waals surface area contributed by atoms with Gasteiger partial charge in [0.15, 0.2) is 12.0 Å². The van der Waals surface area contributed by atoms with E-state index in [-0.39, 0.29) is 16.1 Å². The van der Waals surface area contributed by atoms with E-state index in [4.69, 9.17) is 11.6 Å². The molecule has 0 aliphatic heterocycles. The first kappa shape index (κ1) is 28.5. The number of amides is 1. The maximum Gasteiger partial charge on any atom is 0.411 e. The van der Waals surface area contributed by atoms with Gasteiger partial charge in [0.2, 0.25) is 5.69 Å². The molecule has 4 aromatic heterocycles. The minimum absolute atomic E-state index is 0.0799. The van der Waals surface area contributed by atoms with Crippen LogP contribution in [-0.2, 0) is 18.2 Å². The number of nitrogens with one attached hydrogen (secondary N) is 1. The van der Waals surface area contributed by atoms with Crippen LogP contribution in [0.15, 0.2) is 85.8 Å². The molecule has 2 aromatic carbocycles. The van der Waals surface area contributed by atoms with Gasteiger partial charge in [-0.2, -0.15) is 19.6 Å². The van der Waals surface area contributed by atoms with Gasteiger partial charge in [0.05, 0.1) is 41.3 Å². The number of carbonyl (C=O) groups is 1. The van der Waals surface area contributed by atoms with Crippen molar-refractivity contribution in [1.82, 2.24) is 39.8 Å². The summed E-state index contributed by atoms with van der Waals surface area (Å²) in [6, 6.07) is 12.9. The number of hydrogen-bond acceptors (Lipinski definition) is 8. The lowest BCUT2D eigenvalue weighted by Gasteiger charge is -2.18. The van der Waals surface area contributed by atoms with Crippen molar-refractivity contribution in [3.63, 3.8) is 0 Å². The predicted molar refractivity (Wildman–Crippen MR) is 157 cm³/mol. The summed E-state index contributed by atoms with van der Waals surface area (Å²) in [7, 11) is 3.11. The molecule has 44 heavy (non-hydrogen) atoms. The van der Waals surface area contributed by atoms with Gasteiger partial charge in [0, 0.05) is 43.2 Å². The van der Waals surface area contributed by atoms with E-state index in [1.807, 2.05) is 31.6 Å². The Morgan fingerprint density at radius 3 is 2.55 bits per heavy atom. The van der Waals surface area contributed by atoms with E-state index < -0.39 is 18.0 Å². The number of pyridine rings is 1. The van der Waals surface area contributed by atoms with Crippen LogP contribution in [-0.4, -0.2) is 53.0 Å². The van der Waals surface area contributed by atoms with Crippen molar-refractivity contribution >= 4 is 23.4 Å². The molecule has 1 amide bonds. The Morgan fingerprint density at radius 2 is 1.86 bits per heavy atom. The highest BCUT2D eigenvalue weighted by Gasteiger charge is 2.26. The van der Waals surface area contributed by atoms with Crippen LogP contribution in [0.1, 0.15) is 17.3 Å². The highest BCUT2D eigenvalue weighted by atomic mass is 35.5. The van der Waals surface area contributed by atoms with E-state index >= 15 is 4.39 Å². The third-order valence-corrected chi connectivity index (χ3v) is 7.29. The van der Waals surface area contributed by atoms with Crippen molar-refractivity contribution in [3.8, 4) is 27.9 Å². The summed E-state index contributed by atoms with van der Waals surface area (Å²) < 4.78 is 25.4. The monoisotopic (exact) mass is 614 g/mol. The van der Waals surface area contributed by atoms with Gasteiger partial charge in [-0.25, -0.2) is 9.18 Å². The first-order valence-corrected chi connectivity index (χ1v) is 13.6. The normalized spacial score (nSPS) is 11.8. The number of aryl methyl sites for hydroxylation is 1. The van der Waals surface area contributed by atoms with Crippen LogP contribution >= 0.6 is 11.6 Å². The van der Waals surface area contributed by atoms with Gasteiger partial charge in [-0.15, -0.1) is 5.10 Å². The number of anilines is 1. The standard InChI is InChI=1S/C29H24ClFN10O3/c1-38-14-18(12-33-38)11-26(39-15-21(13-34-39)19-3-6-22(7-4-19)35-29(42)44-2)24-9-5-20(16-41(24)43)27-25(40-17-32-36-37-40)10-8-23(30)28(27)31/h3-10,12-17,26H,11H2,1-2H3,(H,35,42)/t26-/m1/s1. The quantitative estimate of drug-likeness (QED) is 0.197. The van der Waals surface area contributed by atoms with E-state index in [1.165, 1.54) is 30.4 Å². The number of ether oxygens (including phenoxy) is 1. The number of methoxy groups -OCH3 is 1. The lowest BCUT2D eigenvalue weighted by Crippen LogP contribution is -2.36. The molecule has 222 valence electrons. The molecule has 1 atom stereocenters. The number of tetrazole rings is 1. The third-order valence-electron chi connectivity index (χ3n) is 7.00. The van der Waals surface area contributed by atoms with E-state index in [9.17, 15) is 10.0 Å². The largest absolute Gasteiger partial charge is 0.618 e. The Morgan fingerprint density at radius 1 is 1.07 bits per heavy atom. The van der Waals surface area contributed by atoms with Crippen LogP contribution in [0.25, 0.3) is 27.9 Å². The highest BCUT2D eigenvalue weighted by molar-refractivity contribution is 6.31. The summed E-state index contributed by atoms with van der Waals surface area (Å²) in [5.41, 5.74) is 4.17. The fourth-order valence-electron chi connectivity index (χ4n) is 4.88. The fourth-order valence-corrected chi connectivity index (χ4v) is 5.04. The number of hydrogen-bond donors (Lipinski definition) is 1. The summed E-state index contributed by atoms with van der Waals surface area (Å²) in [4.78, 5) is 11.5. The second-order valence-corrected chi connectivity index (χ2v) is 10.2. The van der Waals surface area contributed by atoms with E-state index in [2.05, 4.69) is 35.8 Å². The van der Waals surface area contributed by atoms with Crippen LogP contribution in [0.2, 0.25) is 5.02 Å². The van der Waals surface area contributed by atoms with Crippen molar-refractivity contribution in [2.45, 2.75) is 12.5 Å². The molecule has 0 aliphatic rings. The molecule has 0 saturated heterocycles. The molecule has 15 heteroatoms. The smallest absolute Gasteiger partial charge is 0.411 e. The Hall–Kier alpha value is -5.63. The molecule has 0 aliphatic carbocycles. The second-order valence-electron chi connectivity index (χ2n) is 9.82. The number of halogens is 2. The lowest BCUT2D eigenvalue weighted by molar-refractivity contribution is -0.615. The highest BCUT2D eigenvalue weighted by Crippen LogP contribution is 2.34. The average Bonchev–Trinajstić information content (AvgIpc) is 3.81. The number of aromatic nitrogens is 9. The Kier molecular flexibility index (Phi) is 7.72. The van der Waals surface area contributed by atoms with E-state index in [1.54, 1.807) is 52.1 Å². The number of benzene rings is 2. The molecule has 1 N–H and O–H groups in total. The zero-order chi connectivity index (χ0) is 30.8. The maximum absolute atomic E-state index is 15.4. The Bertz CT molecular complexity index is 1940. The minimum Gasteiger partial charge on any atom is -0.618 e. The first-order valence-electron chi connectivity index (χ1n) is 13.2. The van der Waals surface area contributed by atoms with Crippen LogP contribution in [0.5, 0.6) is 0 Å². The van der Waals surface area contributed by atoms with Crippen LogP contribution in [0.3, 0.4) is 0 Å². The van der Waals surface area contributed by atoms with Crippen molar-refractivity contribution in [3.05, 3.63) is 113 Å². The number of nitrogens with zero attached hydrogens (tertiary/aromatic N) is 9. The van der Waals surface area contributed by atoms with Gasteiger partial charge < -0.3 is 9.94 Å². The molecule has 0 bridgehead atoms. The maximum atomic E-state index is 15.4. The third kappa shape index (κ3) is 5.70. The first-order chi connectivity index (χ1) is 21.3. The summed E-state index contributed by atoms with van der Waals surface area (Å²) in [6.45, 7) is 0. The van der Waals surface area contributed by atoms with Crippen LogP contribution < -0.4 is 10.0 Å². The summed E-state index contributed by atoms with van der Waals surface area (Å²) >= 11 is 6.12. The van der Waals surface area contributed by atoms with Crippen molar-refractivity contribution < 1.29 is 18.7 Å². The molecule has 6 rings (SSSR count). The molecule has 0 radical (unpaired) electrons. The van der Waals surface area contributed by atoms with Gasteiger partial charge in [-0.1, -0.05) is 23.7 Å². The molecule has 4 heterocycles. The molecular weight excluding hydrogens is 591 g/mol. The SMILES string of the molecule is COC(=O)Nc1ccc(-c2cnn([C@H](Cc3cnn(C)c3)c3ccc(-c4c(-n5cnnn5)ccc(Cl)c4F)c[n+]3[O-])c2)cc1. The molecular formula is C29H24ClFN10O3. The molecule has 6 aromatic rings. The average molecular weight is 615 g/mol. The van der Waals surface area contributed by atoms with E-state index in [0.29, 0.717) is 28.2 Å². The van der Waals surface area contributed by atoms with Crippen molar-refractivity contribution in [2.24, 2.45) is 7.05 Å². The topological polar surface area (TPSA) is 145 Å². The van der Waals surface area contributed by atoms with Crippen molar-refractivity contribution in [2.75, 3.05) is 12.4 Å². The lowest BCUT2D eigenvalue weighted by atomic mass is 10.0. The van der Waals surface area contributed by atoms with Gasteiger partial charge in [-0.05, 0) is 51.9 Å². The minimum atomic E-state index is -0.705. The second kappa shape index (κ2) is 11.9. The number of carbonyl (C=O) groups excluding carboxylic acids is 1.